The van der Waals surface area contributed by atoms with Crippen LogP contribution < -0.4 is 11.1 Å². The number of nitrogen functional groups attached to an aromatic ring is 1. The monoisotopic (exact) mass is 268 g/mol. The number of hydrogen-bond donors (Lipinski definition) is 2. The molecular formula is C14H21FN2O2. The Bertz CT molecular complexity index is 422. The summed E-state index contributed by atoms with van der Waals surface area (Å²) in [6, 6.07) is 3.75. The zero-order valence-electron chi connectivity index (χ0n) is 11.4. The predicted molar refractivity (Wildman–Crippen MR) is 73.4 cm³/mol. The quantitative estimate of drug-likeness (QED) is 0.588. The number of anilines is 1. The van der Waals surface area contributed by atoms with Crippen molar-refractivity contribution in [3.8, 4) is 0 Å². The van der Waals surface area contributed by atoms with Gasteiger partial charge in [-0.15, -0.1) is 0 Å². The average Bonchev–Trinajstić information content (AvgIpc) is 2.36. The number of amides is 1. The summed E-state index contributed by atoms with van der Waals surface area (Å²) in [5, 5.41) is 2.69. The largest absolute Gasteiger partial charge is 0.398 e. The third kappa shape index (κ3) is 5.70. The van der Waals surface area contributed by atoms with Gasteiger partial charge in [-0.2, -0.15) is 0 Å². The van der Waals surface area contributed by atoms with E-state index in [1.54, 1.807) is 0 Å². The molecule has 1 rings (SSSR count). The lowest BCUT2D eigenvalue weighted by molar-refractivity contribution is 0.0925. The molecule has 0 spiro atoms. The number of rotatable bonds is 7. The Labute approximate surface area is 113 Å². The van der Waals surface area contributed by atoms with Gasteiger partial charge >= 0.3 is 0 Å². The summed E-state index contributed by atoms with van der Waals surface area (Å²) >= 11 is 0. The molecule has 19 heavy (non-hydrogen) atoms. The van der Waals surface area contributed by atoms with Gasteiger partial charge in [0.15, 0.2) is 0 Å². The van der Waals surface area contributed by atoms with E-state index in [9.17, 15) is 9.18 Å². The summed E-state index contributed by atoms with van der Waals surface area (Å²) in [6.45, 7) is 5.94. The van der Waals surface area contributed by atoms with E-state index in [0.29, 0.717) is 32.1 Å². The van der Waals surface area contributed by atoms with Gasteiger partial charge in [-0.25, -0.2) is 4.39 Å². The molecule has 0 aliphatic rings. The van der Waals surface area contributed by atoms with Crippen LogP contribution in [0.3, 0.4) is 0 Å². The molecule has 0 saturated carbocycles. The first-order valence-corrected chi connectivity index (χ1v) is 6.41. The molecule has 0 heterocycles. The summed E-state index contributed by atoms with van der Waals surface area (Å²) in [5.41, 5.74) is 6.07. The molecule has 0 radical (unpaired) electrons. The normalized spacial score (nSPS) is 10.7. The molecule has 106 valence electrons. The van der Waals surface area contributed by atoms with Crippen molar-refractivity contribution >= 4 is 11.6 Å². The van der Waals surface area contributed by atoms with Crippen molar-refractivity contribution in [3.05, 3.63) is 29.6 Å². The molecule has 0 aliphatic heterocycles. The zero-order chi connectivity index (χ0) is 14.3. The van der Waals surface area contributed by atoms with Gasteiger partial charge in [0.05, 0.1) is 5.56 Å². The molecule has 5 heteroatoms. The van der Waals surface area contributed by atoms with E-state index in [1.807, 2.05) is 0 Å². The molecule has 0 aromatic heterocycles. The third-order valence-corrected chi connectivity index (χ3v) is 2.46. The number of carbonyl (C=O) groups excluding carboxylic acids is 1. The van der Waals surface area contributed by atoms with E-state index in [2.05, 4.69) is 19.2 Å². The van der Waals surface area contributed by atoms with Crippen molar-refractivity contribution in [3.63, 3.8) is 0 Å². The highest BCUT2D eigenvalue weighted by atomic mass is 19.1. The van der Waals surface area contributed by atoms with Crippen molar-refractivity contribution in [2.75, 3.05) is 25.5 Å². The summed E-state index contributed by atoms with van der Waals surface area (Å²) < 4.78 is 18.4. The van der Waals surface area contributed by atoms with Crippen LogP contribution in [0.1, 0.15) is 30.6 Å². The highest BCUT2D eigenvalue weighted by Gasteiger charge is 2.09. The maximum Gasteiger partial charge on any atom is 0.253 e. The first kappa shape index (κ1) is 15.4. The zero-order valence-corrected chi connectivity index (χ0v) is 11.4. The maximum atomic E-state index is 13.0. The second kappa shape index (κ2) is 7.74. The van der Waals surface area contributed by atoms with Crippen LogP contribution in [0.4, 0.5) is 10.1 Å². The Balaban J connectivity index is 2.29. The molecule has 1 aromatic carbocycles. The van der Waals surface area contributed by atoms with Crippen molar-refractivity contribution in [2.24, 2.45) is 5.92 Å². The molecule has 1 aromatic rings. The van der Waals surface area contributed by atoms with E-state index in [1.165, 1.54) is 12.1 Å². The summed E-state index contributed by atoms with van der Waals surface area (Å²) in [4.78, 5) is 11.8. The Kier molecular flexibility index (Phi) is 6.29. The van der Waals surface area contributed by atoms with E-state index in [4.69, 9.17) is 10.5 Å². The third-order valence-electron chi connectivity index (χ3n) is 2.46. The average molecular weight is 268 g/mol. The van der Waals surface area contributed by atoms with Crippen LogP contribution in [0.5, 0.6) is 0 Å². The van der Waals surface area contributed by atoms with Crippen molar-refractivity contribution < 1.29 is 13.9 Å². The predicted octanol–water partition coefficient (Wildman–Crippen LogP) is 2.20. The van der Waals surface area contributed by atoms with Crippen molar-refractivity contribution in [1.29, 1.82) is 0 Å². The maximum absolute atomic E-state index is 13.0. The Morgan fingerprint density at radius 2 is 2.21 bits per heavy atom. The number of halogens is 1. The molecule has 0 aliphatic carbocycles. The minimum absolute atomic E-state index is 0.170. The van der Waals surface area contributed by atoms with Gasteiger partial charge in [0, 0.05) is 25.4 Å². The molecule has 0 saturated heterocycles. The van der Waals surface area contributed by atoms with Crippen molar-refractivity contribution in [1.82, 2.24) is 5.32 Å². The Morgan fingerprint density at radius 1 is 1.47 bits per heavy atom. The minimum atomic E-state index is -0.473. The Morgan fingerprint density at radius 3 is 2.89 bits per heavy atom. The van der Waals surface area contributed by atoms with E-state index >= 15 is 0 Å². The molecule has 3 N–H and O–H groups in total. The summed E-state index contributed by atoms with van der Waals surface area (Å²) in [6.07, 6.45) is 0.716. The molecule has 0 atom stereocenters. The highest BCUT2D eigenvalue weighted by molar-refractivity contribution is 5.99. The second-order valence-corrected chi connectivity index (χ2v) is 4.81. The standard InChI is InChI=1S/C14H21FN2O2/c1-10(2)9-19-7-3-6-17-14(18)12-8-11(15)4-5-13(12)16/h4-5,8,10H,3,6-7,9,16H2,1-2H3,(H,17,18). The molecule has 4 nitrogen and oxygen atoms in total. The van der Waals surface area contributed by atoms with Gasteiger partial charge in [0.25, 0.3) is 5.91 Å². The van der Waals surface area contributed by atoms with E-state index in [0.717, 1.165) is 6.07 Å². The number of nitrogens with two attached hydrogens (primary N) is 1. The topological polar surface area (TPSA) is 64.3 Å². The fraction of sp³-hybridized carbons (Fsp3) is 0.500. The highest BCUT2D eigenvalue weighted by Crippen LogP contribution is 2.12. The smallest absolute Gasteiger partial charge is 0.253 e. The lowest BCUT2D eigenvalue weighted by Crippen LogP contribution is -2.26. The number of ether oxygens (including phenoxy) is 1. The summed E-state index contributed by atoms with van der Waals surface area (Å²) in [7, 11) is 0. The number of hydrogen-bond acceptors (Lipinski definition) is 3. The fourth-order valence-corrected chi connectivity index (χ4v) is 1.52. The van der Waals surface area contributed by atoms with Gasteiger partial charge in [0.2, 0.25) is 0 Å². The van der Waals surface area contributed by atoms with Crippen LogP contribution in [0.15, 0.2) is 18.2 Å². The van der Waals surface area contributed by atoms with Gasteiger partial charge < -0.3 is 15.8 Å². The van der Waals surface area contributed by atoms with E-state index < -0.39 is 5.82 Å². The van der Waals surface area contributed by atoms with Crippen molar-refractivity contribution in [2.45, 2.75) is 20.3 Å². The SMILES string of the molecule is CC(C)COCCCNC(=O)c1cc(F)ccc1N. The number of nitrogens with one attached hydrogen (secondary N) is 1. The number of benzene rings is 1. The van der Waals surface area contributed by atoms with Gasteiger partial charge in [-0.3, -0.25) is 4.79 Å². The first-order chi connectivity index (χ1) is 9.00. The van der Waals surface area contributed by atoms with Gasteiger partial charge in [-0.05, 0) is 30.5 Å². The van der Waals surface area contributed by atoms with Crippen LogP contribution >= 0.6 is 0 Å². The molecule has 1 amide bonds. The molecule has 0 fully saturated rings. The van der Waals surface area contributed by atoms with Crippen LogP contribution in [0.2, 0.25) is 0 Å². The Hall–Kier alpha value is -1.62. The van der Waals surface area contributed by atoms with Gasteiger partial charge in [0.1, 0.15) is 5.82 Å². The lowest BCUT2D eigenvalue weighted by Gasteiger charge is -2.09. The molecule has 0 bridgehead atoms. The van der Waals surface area contributed by atoms with E-state index in [-0.39, 0.29) is 17.2 Å². The van der Waals surface area contributed by atoms with Crippen LogP contribution in [-0.4, -0.2) is 25.7 Å². The molecule has 0 unspecified atom stereocenters. The second-order valence-electron chi connectivity index (χ2n) is 4.81. The first-order valence-electron chi connectivity index (χ1n) is 6.41. The molecular weight excluding hydrogens is 247 g/mol. The number of carbonyl (C=O) groups is 1. The summed E-state index contributed by atoms with van der Waals surface area (Å²) in [5.74, 6) is -0.331. The lowest BCUT2D eigenvalue weighted by atomic mass is 10.1. The fourth-order valence-electron chi connectivity index (χ4n) is 1.52. The van der Waals surface area contributed by atoms with Crippen LogP contribution in [0.25, 0.3) is 0 Å². The van der Waals surface area contributed by atoms with Crippen LogP contribution in [0, 0.1) is 11.7 Å². The van der Waals surface area contributed by atoms with Crippen LogP contribution in [-0.2, 0) is 4.74 Å². The minimum Gasteiger partial charge on any atom is -0.398 e. The van der Waals surface area contributed by atoms with Gasteiger partial charge in [-0.1, -0.05) is 13.8 Å².